The molecule has 0 aromatic heterocycles. The van der Waals surface area contributed by atoms with E-state index in [0.29, 0.717) is 5.41 Å². The Morgan fingerprint density at radius 1 is 1.35 bits per heavy atom. The maximum atomic E-state index is 11.0. The Morgan fingerprint density at radius 3 is 2.71 bits per heavy atom. The Labute approximate surface area is 104 Å². The zero-order valence-corrected chi connectivity index (χ0v) is 11.3. The van der Waals surface area contributed by atoms with Gasteiger partial charge in [0.05, 0.1) is 0 Å². The van der Waals surface area contributed by atoms with Crippen molar-refractivity contribution in [3.63, 3.8) is 0 Å². The van der Waals surface area contributed by atoms with Crippen LogP contribution in [0.1, 0.15) is 50.8 Å². The van der Waals surface area contributed by atoms with Crippen molar-refractivity contribution < 1.29 is 4.79 Å². The summed E-state index contributed by atoms with van der Waals surface area (Å²) >= 11 is 0. The minimum atomic E-state index is -0.248. The lowest BCUT2D eigenvalue weighted by Gasteiger charge is -2.20. The van der Waals surface area contributed by atoms with E-state index in [1.54, 1.807) is 0 Å². The molecule has 17 heavy (non-hydrogen) atoms. The largest absolute Gasteiger partial charge is 0.303 e. The highest BCUT2D eigenvalue weighted by atomic mass is 16.1. The van der Waals surface area contributed by atoms with E-state index >= 15 is 0 Å². The molecule has 0 bridgehead atoms. The lowest BCUT2D eigenvalue weighted by molar-refractivity contribution is -0.114. The van der Waals surface area contributed by atoms with Crippen LogP contribution in [0.3, 0.4) is 0 Å². The third kappa shape index (κ3) is 2.43. The van der Waals surface area contributed by atoms with E-state index in [0.717, 1.165) is 12.7 Å². The minimum absolute atomic E-state index is 0.248. The molecule has 0 radical (unpaired) electrons. The van der Waals surface area contributed by atoms with Crippen LogP contribution >= 0.6 is 0 Å². The molecule has 0 amide bonds. The number of hydrogen-bond donors (Lipinski definition) is 0. The number of carbonyl (C=O) groups is 1. The van der Waals surface area contributed by atoms with Crippen molar-refractivity contribution in [3.05, 3.63) is 34.9 Å². The predicted molar refractivity (Wildman–Crippen MR) is 71.3 cm³/mol. The fraction of sp³-hybridized carbons (Fsp3) is 0.562. The van der Waals surface area contributed by atoms with Crippen molar-refractivity contribution in [2.24, 2.45) is 5.41 Å². The smallest absolute Gasteiger partial charge is 0.125 e. The lowest BCUT2D eigenvalue weighted by atomic mass is 9.84. The third-order valence-corrected chi connectivity index (χ3v) is 3.90. The molecule has 2 rings (SSSR count). The average Bonchev–Trinajstić information content (AvgIpc) is 2.54. The van der Waals surface area contributed by atoms with Crippen molar-refractivity contribution in [1.29, 1.82) is 0 Å². The molecular formula is C16H22O. The predicted octanol–water partition coefficient (Wildman–Crippen LogP) is 3.68. The zero-order chi connectivity index (χ0) is 12.7. The molecule has 1 nitrogen and oxygen atoms in total. The van der Waals surface area contributed by atoms with Crippen LogP contribution in [0.2, 0.25) is 0 Å². The van der Waals surface area contributed by atoms with E-state index in [1.807, 2.05) is 13.8 Å². The number of hydrogen-bond acceptors (Lipinski definition) is 1. The van der Waals surface area contributed by atoms with E-state index in [4.69, 9.17) is 0 Å². The molecule has 1 aliphatic rings. The van der Waals surface area contributed by atoms with Gasteiger partial charge in [0, 0.05) is 5.41 Å². The van der Waals surface area contributed by atoms with Gasteiger partial charge >= 0.3 is 0 Å². The van der Waals surface area contributed by atoms with Gasteiger partial charge < -0.3 is 4.79 Å². The summed E-state index contributed by atoms with van der Waals surface area (Å²) in [6.45, 7) is 8.62. The van der Waals surface area contributed by atoms with Crippen LogP contribution in [0.25, 0.3) is 0 Å². The Hall–Kier alpha value is -1.11. The first-order chi connectivity index (χ1) is 7.84. The van der Waals surface area contributed by atoms with Gasteiger partial charge in [-0.25, -0.2) is 0 Å². The van der Waals surface area contributed by atoms with Gasteiger partial charge in [-0.3, -0.25) is 0 Å². The Kier molecular flexibility index (Phi) is 2.89. The quantitative estimate of drug-likeness (QED) is 0.724. The SMILES string of the molecule is CC(C)(C=O)Cc1ccc2c(c1)CCC2(C)C. The molecule has 92 valence electrons. The summed E-state index contributed by atoms with van der Waals surface area (Å²) in [7, 11) is 0. The summed E-state index contributed by atoms with van der Waals surface area (Å²) in [5.74, 6) is 0. The Balaban J connectivity index is 2.28. The van der Waals surface area contributed by atoms with Crippen molar-refractivity contribution in [3.8, 4) is 0 Å². The Bertz CT molecular complexity index is 441. The summed E-state index contributed by atoms with van der Waals surface area (Å²) < 4.78 is 0. The third-order valence-electron chi connectivity index (χ3n) is 3.90. The van der Waals surface area contributed by atoms with Gasteiger partial charge in [0.2, 0.25) is 0 Å². The van der Waals surface area contributed by atoms with Gasteiger partial charge in [-0.05, 0) is 41.4 Å². The number of fused-ring (bicyclic) bond motifs is 1. The van der Waals surface area contributed by atoms with E-state index in [1.165, 1.54) is 29.5 Å². The van der Waals surface area contributed by atoms with E-state index < -0.39 is 0 Å². The molecule has 0 aliphatic heterocycles. The van der Waals surface area contributed by atoms with E-state index in [-0.39, 0.29) is 5.41 Å². The molecule has 1 aromatic rings. The molecule has 0 unspecified atom stereocenters. The molecule has 0 saturated heterocycles. The molecule has 1 heteroatoms. The van der Waals surface area contributed by atoms with Crippen molar-refractivity contribution >= 4 is 6.29 Å². The van der Waals surface area contributed by atoms with Crippen LogP contribution < -0.4 is 0 Å². The van der Waals surface area contributed by atoms with E-state index in [9.17, 15) is 4.79 Å². The molecule has 1 aromatic carbocycles. The number of aryl methyl sites for hydroxylation is 1. The minimum Gasteiger partial charge on any atom is -0.303 e. The fourth-order valence-corrected chi connectivity index (χ4v) is 2.77. The highest BCUT2D eigenvalue weighted by Gasteiger charge is 2.29. The second-order valence-electron chi connectivity index (χ2n) is 6.66. The Morgan fingerprint density at radius 2 is 2.06 bits per heavy atom. The molecule has 0 atom stereocenters. The number of carbonyl (C=O) groups excluding carboxylic acids is 1. The van der Waals surface area contributed by atoms with Crippen LogP contribution in [-0.2, 0) is 23.1 Å². The molecule has 0 spiro atoms. The van der Waals surface area contributed by atoms with Crippen molar-refractivity contribution in [2.75, 3.05) is 0 Å². The van der Waals surface area contributed by atoms with Gasteiger partial charge in [-0.15, -0.1) is 0 Å². The van der Waals surface area contributed by atoms with Crippen molar-refractivity contribution in [1.82, 2.24) is 0 Å². The molecule has 0 saturated carbocycles. The highest BCUT2D eigenvalue weighted by Crippen LogP contribution is 2.39. The van der Waals surface area contributed by atoms with Crippen LogP contribution in [0, 0.1) is 5.41 Å². The summed E-state index contributed by atoms with van der Waals surface area (Å²) in [6.07, 6.45) is 4.31. The van der Waals surface area contributed by atoms with Gasteiger partial charge in [-0.2, -0.15) is 0 Å². The molecule has 0 fully saturated rings. The van der Waals surface area contributed by atoms with Crippen LogP contribution in [-0.4, -0.2) is 6.29 Å². The molecular weight excluding hydrogens is 208 g/mol. The maximum absolute atomic E-state index is 11.0. The first kappa shape index (κ1) is 12.3. The van der Waals surface area contributed by atoms with Crippen LogP contribution in [0.4, 0.5) is 0 Å². The van der Waals surface area contributed by atoms with Crippen LogP contribution in [0.15, 0.2) is 18.2 Å². The number of benzene rings is 1. The van der Waals surface area contributed by atoms with Crippen LogP contribution in [0.5, 0.6) is 0 Å². The van der Waals surface area contributed by atoms with Gasteiger partial charge in [-0.1, -0.05) is 45.9 Å². The first-order valence-corrected chi connectivity index (χ1v) is 6.43. The first-order valence-electron chi connectivity index (χ1n) is 6.43. The zero-order valence-electron chi connectivity index (χ0n) is 11.3. The standard InChI is InChI=1S/C16H22O/c1-15(2,11-17)10-12-5-6-14-13(9-12)7-8-16(14,3)4/h5-6,9,11H,7-8,10H2,1-4H3. The number of rotatable bonds is 3. The highest BCUT2D eigenvalue weighted by molar-refractivity contribution is 5.59. The maximum Gasteiger partial charge on any atom is 0.125 e. The van der Waals surface area contributed by atoms with Gasteiger partial charge in [0.1, 0.15) is 6.29 Å². The molecule has 0 N–H and O–H groups in total. The fourth-order valence-electron chi connectivity index (χ4n) is 2.77. The molecule has 0 heterocycles. The normalized spacial score (nSPS) is 17.9. The number of aldehydes is 1. The summed E-state index contributed by atoms with van der Waals surface area (Å²) in [4.78, 5) is 11.0. The second kappa shape index (κ2) is 3.97. The molecule has 1 aliphatic carbocycles. The van der Waals surface area contributed by atoms with Gasteiger partial charge in [0.25, 0.3) is 0 Å². The lowest BCUT2D eigenvalue weighted by Crippen LogP contribution is -2.17. The summed E-state index contributed by atoms with van der Waals surface area (Å²) in [5, 5.41) is 0. The average molecular weight is 230 g/mol. The topological polar surface area (TPSA) is 17.1 Å². The van der Waals surface area contributed by atoms with E-state index in [2.05, 4.69) is 32.0 Å². The van der Waals surface area contributed by atoms with Gasteiger partial charge in [0.15, 0.2) is 0 Å². The summed E-state index contributed by atoms with van der Waals surface area (Å²) in [5.41, 5.74) is 4.34. The summed E-state index contributed by atoms with van der Waals surface area (Å²) in [6, 6.07) is 6.75. The second-order valence-corrected chi connectivity index (χ2v) is 6.66. The van der Waals surface area contributed by atoms with Crippen molar-refractivity contribution in [2.45, 2.75) is 52.4 Å². The monoisotopic (exact) mass is 230 g/mol.